The first-order valence-electron chi connectivity index (χ1n) is 12.9. The average Bonchev–Trinajstić information content (AvgIpc) is 2.75. The molecular formula is C26H47NO6. The van der Waals surface area contributed by atoms with Gasteiger partial charge in [-0.05, 0) is 18.9 Å². The van der Waals surface area contributed by atoms with Crippen molar-refractivity contribution in [1.29, 1.82) is 0 Å². The Morgan fingerprint density at radius 1 is 0.697 bits per heavy atom. The van der Waals surface area contributed by atoms with Gasteiger partial charge in [0.1, 0.15) is 6.04 Å². The topological polar surface area (TPSA) is 115 Å². The number of nitrogens with zero attached hydrogens (tertiary/aromatic N) is 1. The van der Waals surface area contributed by atoms with Crippen molar-refractivity contribution < 1.29 is 34.2 Å². The zero-order chi connectivity index (χ0) is 25.3. The largest absolute Gasteiger partial charge is 0.544 e. The number of carbonyl (C=O) groups excluding carboxylic acids is 1. The highest BCUT2D eigenvalue weighted by atomic mass is 16.4. The molecule has 2 N–H and O–H groups in total. The Bertz CT molecular complexity index is 549. The molecule has 0 heterocycles. The fourth-order valence-electron chi connectivity index (χ4n) is 5.12. The third-order valence-corrected chi connectivity index (χ3v) is 6.81. The third kappa shape index (κ3) is 9.86. The molecule has 3 unspecified atom stereocenters. The molecule has 192 valence electrons. The maximum Gasteiger partial charge on any atom is 0.362 e. The number of carbonyl (C=O) groups is 3. The summed E-state index contributed by atoms with van der Waals surface area (Å²) in [7, 11) is 0. The zero-order valence-electron chi connectivity index (χ0n) is 21.3. The summed E-state index contributed by atoms with van der Waals surface area (Å²) in [5, 5.41) is 31.9. The van der Waals surface area contributed by atoms with Crippen LogP contribution in [0, 0.1) is 0 Å². The van der Waals surface area contributed by atoms with Crippen molar-refractivity contribution in [3.8, 4) is 0 Å². The zero-order valence-corrected chi connectivity index (χ0v) is 21.3. The van der Waals surface area contributed by atoms with Crippen LogP contribution in [0.4, 0.5) is 0 Å². The smallest absolute Gasteiger partial charge is 0.362 e. The van der Waals surface area contributed by atoms with Crippen LogP contribution in [0.2, 0.25) is 0 Å². The first-order chi connectivity index (χ1) is 15.7. The Morgan fingerprint density at radius 2 is 1.12 bits per heavy atom. The highest BCUT2D eigenvalue weighted by Crippen LogP contribution is 2.31. The van der Waals surface area contributed by atoms with Gasteiger partial charge in [0.15, 0.2) is 12.1 Å². The SMILES string of the molecule is CCCCCCCCCCC/C=C/C[N+](C(CC)C(=O)[O-])(C(CC)C(=O)O)C(CC)C(=O)O. The predicted octanol–water partition coefficient (Wildman–Crippen LogP) is 4.54. The molecular weight excluding hydrogens is 422 g/mol. The van der Waals surface area contributed by atoms with Gasteiger partial charge in [-0.1, -0.05) is 85.1 Å². The number of allylic oxidation sites excluding steroid dienone is 1. The fraction of sp³-hybridized carbons (Fsp3) is 0.808. The first-order valence-corrected chi connectivity index (χ1v) is 12.9. The number of hydrogen-bond donors (Lipinski definition) is 2. The van der Waals surface area contributed by atoms with E-state index in [1.807, 2.05) is 6.08 Å². The number of aliphatic carboxylic acids is 3. The van der Waals surface area contributed by atoms with Crippen molar-refractivity contribution >= 4 is 17.9 Å². The molecule has 33 heavy (non-hydrogen) atoms. The first kappa shape index (κ1) is 31.1. The Labute approximate surface area is 200 Å². The lowest BCUT2D eigenvalue weighted by molar-refractivity contribution is -0.969. The number of carboxylic acid groups (broad SMARTS) is 3. The van der Waals surface area contributed by atoms with Crippen molar-refractivity contribution in [3.63, 3.8) is 0 Å². The summed E-state index contributed by atoms with van der Waals surface area (Å²) in [5.41, 5.74) is 0. The molecule has 3 atom stereocenters. The molecule has 0 saturated heterocycles. The van der Waals surface area contributed by atoms with Crippen LogP contribution in [-0.4, -0.2) is 57.3 Å². The van der Waals surface area contributed by atoms with E-state index in [9.17, 15) is 29.7 Å². The summed E-state index contributed by atoms with van der Waals surface area (Å²) >= 11 is 0. The minimum absolute atomic E-state index is 0.0412. The number of rotatable bonds is 21. The van der Waals surface area contributed by atoms with E-state index in [1.54, 1.807) is 26.8 Å². The Morgan fingerprint density at radius 3 is 1.48 bits per heavy atom. The molecule has 0 aliphatic rings. The lowest BCUT2D eigenvalue weighted by atomic mass is 9.94. The third-order valence-electron chi connectivity index (χ3n) is 6.81. The molecule has 0 spiro atoms. The molecule has 0 radical (unpaired) electrons. The predicted molar refractivity (Wildman–Crippen MR) is 129 cm³/mol. The van der Waals surface area contributed by atoms with E-state index in [2.05, 4.69) is 6.92 Å². The summed E-state index contributed by atoms with van der Waals surface area (Å²) in [6, 6.07) is -3.51. The minimum Gasteiger partial charge on any atom is -0.544 e. The standard InChI is InChI=1S/C26H47NO6/c1-5-9-10-11-12-13-14-15-16-17-18-19-20-27(21(6-2)24(28)29,22(7-3)25(30)31)23(8-4)26(32)33/h18-19,21-23H,5-17,20H2,1-4H3,(H2-,28,29,30,31,32,33)/b19-18+. The highest BCUT2D eigenvalue weighted by molar-refractivity contribution is 5.77. The van der Waals surface area contributed by atoms with Crippen molar-refractivity contribution in [1.82, 2.24) is 0 Å². The molecule has 0 aromatic carbocycles. The number of carboxylic acids is 3. The summed E-state index contributed by atoms with van der Waals surface area (Å²) in [4.78, 5) is 36.3. The van der Waals surface area contributed by atoms with E-state index in [-0.39, 0.29) is 25.8 Å². The maximum absolute atomic E-state index is 12.1. The molecule has 0 aliphatic carbocycles. The molecule has 0 bridgehead atoms. The van der Waals surface area contributed by atoms with Gasteiger partial charge in [0.25, 0.3) is 0 Å². The molecule has 0 aromatic rings. The van der Waals surface area contributed by atoms with Gasteiger partial charge in [-0.3, -0.25) is 4.48 Å². The van der Waals surface area contributed by atoms with E-state index >= 15 is 0 Å². The van der Waals surface area contributed by atoms with Crippen LogP contribution in [-0.2, 0) is 14.4 Å². The average molecular weight is 470 g/mol. The lowest BCUT2D eigenvalue weighted by Gasteiger charge is -2.51. The second kappa shape index (κ2) is 17.6. The monoisotopic (exact) mass is 469 g/mol. The van der Waals surface area contributed by atoms with Crippen LogP contribution >= 0.6 is 0 Å². The van der Waals surface area contributed by atoms with Gasteiger partial charge in [-0.25, -0.2) is 9.59 Å². The van der Waals surface area contributed by atoms with Gasteiger partial charge in [-0.15, -0.1) is 0 Å². The Kier molecular flexibility index (Phi) is 16.6. The van der Waals surface area contributed by atoms with Crippen molar-refractivity contribution in [2.45, 2.75) is 129 Å². The molecule has 0 rings (SSSR count). The van der Waals surface area contributed by atoms with Gasteiger partial charge < -0.3 is 20.1 Å². The van der Waals surface area contributed by atoms with Gasteiger partial charge in [0, 0.05) is 19.3 Å². The molecule has 0 amide bonds. The lowest BCUT2D eigenvalue weighted by Crippen LogP contribution is -2.73. The van der Waals surface area contributed by atoms with Gasteiger partial charge in [0.05, 0.1) is 12.5 Å². The van der Waals surface area contributed by atoms with Crippen LogP contribution in [0.25, 0.3) is 0 Å². The minimum atomic E-state index is -1.40. The van der Waals surface area contributed by atoms with Gasteiger partial charge in [0.2, 0.25) is 0 Å². The Balaban J connectivity index is 5.33. The van der Waals surface area contributed by atoms with Crippen LogP contribution in [0.15, 0.2) is 12.2 Å². The van der Waals surface area contributed by atoms with Crippen LogP contribution < -0.4 is 5.11 Å². The molecule has 7 nitrogen and oxygen atoms in total. The maximum atomic E-state index is 12.1. The molecule has 0 saturated carbocycles. The number of quaternary nitrogens is 1. The summed E-state index contributed by atoms with van der Waals surface area (Å²) < 4.78 is -0.551. The van der Waals surface area contributed by atoms with E-state index in [1.165, 1.54) is 44.9 Å². The number of hydrogen-bond acceptors (Lipinski definition) is 4. The van der Waals surface area contributed by atoms with Gasteiger partial charge >= 0.3 is 11.9 Å². The Hall–Kier alpha value is -1.89. The number of unbranched alkanes of at least 4 members (excludes halogenated alkanes) is 9. The molecule has 0 fully saturated rings. The molecule has 0 aromatic heterocycles. The quantitative estimate of drug-likeness (QED) is 0.145. The fourth-order valence-corrected chi connectivity index (χ4v) is 5.12. The molecule has 0 aliphatic heterocycles. The van der Waals surface area contributed by atoms with Crippen LogP contribution in [0.1, 0.15) is 111 Å². The second-order valence-electron chi connectivity index (χ2n) is 9.03. The van der Waals surface area contributed by atoms with Crippen molar-refractivity contribution in [3.05, 3.63) is 12.2 Å². The van der Waals surface area contributed by atoms with Crippen LogP contribution in [0.5, 0.6) is 0 Å². The van der Waals surface area contributed by atoms with E-state index in [4.69, 9.17) is 0 Å². The van der Waals surface area contributed by atoms with E-state index in [0.717, 1.165) is 19.3 Å². The molecule has 7 heteroatoms. The summed E-state index contributed by atoms with van der Waals surface area (Å²) in [6.07, 6.45) is 15.9. The summed E-state index contributed by atoms with van der Waals surface area (Å²) in [6.45, 7) is 7.22. The normalized spacial score (nSPS) is 16.2. The summed E-state index contributed by atoms with van der Waals surface area (Å²) in [5.74, 6) is -3.75. The highest BCUT2D eigenvalue weighted by Gasteiger charge is 2.53. The van der Waals surface area contributed by atoms with E-state index < -0.39 is 40.5 Å². The van der Waals surface area contributed by atoms with Crippen molar-refractivity contribution in [2.75, 3.05) is 6.54 Å². The second-order valence-corrected chi connectivity index (χ2v) is 9.03. The van der Waals surface area contributed by atoms with Crippen molar-refractivity contribution in [2.24, 2.45) is 0 Å². The van der Waals surface area contributed by atoms with Gasteiger partial charge in [-0.2, -0.15) is 0 Å². The van der Waals surface area contributed by atoms with E-state index in [0.29, 0.717) is 0 Å². The van der Waals surface area contributed by atoms with Crippen LogP contribution in [0.3, 0.4) is 0 Å².